The number of hydrogen-bond acceptors (Lipinski definition) is 4. The minimum atomic E-state index is 0.00307. The maximum atomic E-state index is 12.5. The summed E-state index contributed by atoms with van der Waals surface area (Å²) in [5.74, 6) is 0.580. The van der Waals surface area contributed by atoms with Crippen molar-refractivity contribution < 1.29 is 14.3 Å². The summed E-state index contributed by atoms with van der Waals surface area (Å²) in [4.78, 5) is 30.5. The Kier molecular flexibility index (Phi) is 4.45. The van der Waals surface area contributed by atoms with Crippen molar-refractivity contribution >= 4 is 11.8 Å². The average molecular weight is 295 g/mol. The summed E-state index contributed by atoms with van der Waals surface area (Å²) in [6, 6.07) is 0. The molecule has 6 heteroatoms. The van der Waals surface area contributed by atoms with Gasteiger partial charge < -0.3 is 19.4 Å². The van der Waals surface area contributed by atoms with E-state index in [0.29, 0.717) is 19.0 Å². The maximum Gasteiger partial charge on any atom is 0.248 e. The molecule has 6 nitrogen and oxygen atoms in total. The van der Waals surface area contributed by atoms with Crippen LogP contribution in [0, 0.1) is 11.8 Å². The van der Waals surface area contributed by atoms with Gasteiger partial charge in [0.15, 0.2) is 0 Å². The zero-order valence-corrected chi connectivity index (χ0v) is 12.8. The molecule has 0 aromatic rings. The number of amides is 2. The Bertz CT molecular complexity index is 409. The largest absolute Gasteiger partial charge is 0.375 e. The number of methoxy groups -OCH3 is 1. The van der Waals surface area contributed by atoms with E-state index < -0.39 is 0 Å². The Balaban J connectivity index is 1.48. The third kappa shape index (κ3) is 3.06. The molecule has 0 N–H and O–H groups in total. The molecule has 3 aliphatic rings. The summed E-state index contributed by atoms with van der Waals surface area (Å²) in [5, 5.41) is 0. The lowest BCUT2D eigenvalue weighted by molar-refractivity contribution is -0.135. The fourth-order valence-corrected chi connectivity index (χ4v) is 3.83. The second-order valence-corrected chi connectivity index (χ2v) is 6.43. The number of rotatable bonds is 5. The van der Waals surface area contributed by atoms with Crippen molar-refractivity contribution in [1.82, 2.24) is 14.7 Å². The number of ether oxygens (including phenoxy) is 1. The van der Waals surface area contributed by atoms with E-state index in [4.69, 9.17) is 4.74 Å². The Morgan fingerprint density at radius 3 is 2.62 bits per heavy atom. The zero-order chi connectivity index (χ0) is 14.8. The third-order valence-electron chi connectivity index (χ3n) is 5.03. The first-order valence-electron chi connectivity index (χ1n) is 7.97. The second-order valence-electron chi connectivity index (χ2n) is 6.43. The van der Waals surface area contributed by atoms with Crippen molar-refractivity contribution in [2.24, 2.45) is 11.8 Å². The first-order valence-corrected chi connectivity index (χ1v) is 7.97. The second kappa shape index (κ2) is 6.32. The van der Waals surface area contributed by atoms with Gasteiger partial charge in [-0.1, -0.05) is 0 Å². The first kappa shape index (κ1) is 14.8. The van der Waals surface area contributed by atoms with Gasteiger partial charge in [0.2, 0.25) is 11.8 Å². The molecule has 3 heterocycles. The standard InChI is InChI=1S/C15H25N3O3/c1-21-11-14(19)18-9-12-8-17(15(20)13(12)10-18)7-6-16-4-2-3-5-16/h12-13H,2-11H2,1H3/t12-,13+/m0/s1. The lowest BCUT2D eigenvalue weighted by Gasteiger charge is -2.24. The molecule has 2 amide bonds. The number of carbonyl (C=O) groups is 2. The van der Waals surface area contributed by atoms with Gasteiger partial charge in [-0.3, -0.25) is 9.59 Å². The minimum absolute atomic E-state index is 0.00307. The van der Waals surface area contributed by atoms with Gasteiger partial charge in [-0.2, -0.15) is 0 Å². The summed E-state index contributed by atoms with van der Waals surface area (Å²) in [6.07, 6.45) is 2.57. The number of carbonyl (C=O) groups excluding carboxylic acids is 2. The molecule has 2 atom stereocenters. The molecule has 3 rings (SSSR count). The number of fused-ring (bicyclic) bond motifs is 1. The topological polar surface area (TPSA) is 53.1 Å². The van der Waals surface area contributed by atoms with Crippen LogP contribution < -0.4 is 0 Å². The highest BCUT2D eigenvalue weighted by Crippen LogP contribution is 2.32. The van der Waals surface area contributed by atoms with Gasteiger partial charge in [0.1, 0.15) is 6.61 Å². The van der Waals surface area contributed by atoms with Gasteiger partial charge in [0.05, 0.1) is 5.92 Å². The molecule has 0 aliphatic carbocycles. The van der Waals surface area contributed by atoms with Gasteiger partial charge in [0, 0.05) is 45.8 Å². The molecular weight excluding hydrogens is 270 g/mol. The molecule has 0 aromatic heterocycles. The Morgan fingerprint density at radius 1 is 1.19 bits per heavy atom. The van der Waals surface area contributed by atoms with Crippen LogP contribution in [0.15, 0.2) is 0 Å². The van der Waals surface area contributed by atoms with Crippen molar-refractivity contribution in [3.05, 3.63) is 0 Å². The van der Waals surface area contributed by atoms with E-state index in [1.54, 1.807) is 4.90 Å². The highest BCUT2D eigenvalue weighted by molar-refractivity contribution is 5.84. The van der Waals surface area contributed by atoms with Crippen molar-refractivity contribution in [3.8, 4) is 0 Å². The molecule has 3 fully saturated rings. The number of hydrogen-bond donors (Lipinski definition) is 0. The van der Waals surface area contributed by atoms with E-state index in [1.165, 1.54) is 33.0 Å². The van der Waals surface area contributed by atoms with Crippen LogP contribution in [0.25, 0.3) is 0 Å². The van der Waals surface area contributed by atoms with Crippen LogP contribution in [-0.4, -0.2) is 86.0 Å². The van der Waals surface area contributed by atoms with Crippen LogP contribution in [0.4, 0.5) is 0 Å². The molecule has 0 spiro atoms. The molecule has 0 radical (unpaired) electrons. The van der Waals surface area contributed by atoms with Crippen LogP contribution in [0.2, 0.25) is 0 Å². The molecule has 3 aliphatic heterocycles. The van der Waals surface area contributed by atoms with Crippen LogP contribution in [0.3, 0.4) is 0 Å². The molecule has 0 unspecified atom stereocenters. The fourth-order valence-electron chi connectivity index (χ4n) is 3.83. The Hall–Kier alpha value is -1.14. The van der Waals surface area contributed by atoms with Crippen molar-refractivity contribution in [3.63, 3.8) is 0 Å². The Morgan fingerprint density at radius 2 is 1.95 bits per heavy atom. The van der Waals surface area contributed by atoms with Crippen LogP contribution in [-0.2, 0) is 14.3 Å². The summed E-state index contributed by atoms with van der Waals surface area (Å²) < 4.78 is 4.89. The monoisotopic (exact) mass is 295 g/mol. The predicted molar refractivity (Wildman–Crippen MR) is 77.7 cm³/mol. The van der Waals surface area contributed by atoms with E-state index >= 15 is 0 Å². The third-order valence-corrected chi connectivity index (χ3v) is 5.03. The molecule has 118 valence electrons. The number of nitrogens with zero attached hydrogens (tertiary/aromatic N) is 3. The SMILES string of the molecule is COCC(=O)N1C[C@@H]2CN(CCN3CCCC3)C(=O)[C@@H]2C1. The van der Waals surface area contributed by atoms with Crippen molar-refractivity contribution in [1.29, 1.82) is 0 Å². The zero-order valence-electron chi connectivity index (χ0n) is 12.8. The maximum absolute atomic E-state index is 12.5. The van der Waals surface area contributed by atoms with Gasteiger partial charge in [0.25, 0.3) is 0 Å². The minimum Gasteiger partial charge on any atom is -0.375 e. The molecular formula is C15H25N3O3. The average Bonchev–Trinajstić information content (AvgIpc) is 3.16. The van der Waals surface area contributed by atoms with Gasteiger partial charge in [-0.05, 0) is 25.9 Å². The molecule has 0 saturated carbocycles. The van der Waals surface area contributed by atoms with Gasteiger partial charge in [-0.25, -0.2) is 0 Å². The predicted octanol–water partition coefficient (Wildman–Crippen LogP) is -0.355. The summed E-state index contributed by atoms with van der Waals surface area (Å²) in [7, 11) is 1.53. The van der Waals surface area contributed by atoms with E-state index in [1.807, 2.05) is 4.90 Å². The van der Waals surface area contributed by atoms with Crippen LogP contribution in [0.1, 0.15) is 12.8 Å². The van der Waals surface area contributed by atoms with E-state index in [9.17, 15) is 9.59 Å². The first-order chi connectivity index (χ1) is 10.2. The molecule has 3 saturated heterocycles. The lowest BCUT2D eigenvalue weighted by Crippen LogP contribution is -2.39. The van der Waals surface area contributed by atoms with E-state index in [-0.39, 0.29) is 24.3 Å². The van der Waals surface area contributed by atoms with E-state index in [0.717, 1.165) is 19.6 Å². The van der Waals surface area contributed by atoms with Crippen LogP contribution >= 0.6 is 0 Å². The summed E-state index contributed by atoms with van der Waals surface area (Å²) >= 11 is 0. The van der Waals surface area contributed by atoms with E-state index in [2.05, 4.69) is 4.90 Å². The Labute approximate surface area is 126 Å². The molecule has 21 heavy (non-hydrogen) atoms. The summed E-state index contributed by atoms with van der Waals surface area (Å²) in [6.45, 7) is 6.41. The quantitative estimate of drug-likeness (QED) is 0.695. The number of likely N-dealkylation sites (tertiary alicyclic amines) is 3. The molecule has 0 aromatic carbocycles. The lowest BCUT2D eigenvalue weighted by atomic mass is 10.0. The van der Waals surface area contributed by atoms with Crippen molar-refractivity contribution in [2.45, 2.75) is 12.8 Å². The highest BCUT2D eigenvalue weighted by Gasteiger charge is 2.47. The van der Waals surface area contributed by atoms with Gasteiger partial charge in [-0.15, -0.1) is 0 Å². The van der Waals surface area contributed by atoms with Gasteiger partial charge >= 0.3 is 0 Å². The van der Waals surface area contributed by atoms with Crippen molar-refractivity contribution in [2.75, 3.05) is 59.5 Å². The smallest absolute Gasteiger partial charge is 0.248 e. The fraction of sp³-hybridized carbons (Fsp3) is 0.867. The normalized spacial score (nSPS) is 29.5. The molecule has 0 bridgehead atoms. The summed E-state index contributed by atoms with van der Waals surface area (Å²) in [5.41, 5.74) is 0. The van der Waals surface area contributed by atoms with Crippen LogP contribution in [0.5, 0.6) is 0 Å². The highest BCUT2D eigenvalue weighted by atomic mass is 16.5.